The molecule has 0 aliphatic carbocycles. The number of aryl methyl sites for hydroxylation is 1. The molecule has 2 rings (SSSR count). The minimum absolute atomic E-state index is 0.221. The van der Waals surface area contributed by atoms with Crippen LogP contribution in [0.25, 0.3) is 0 Å². The summed E-state index contributed by atoms with van der Waals surface area (Å²) in [5.41, 5.74) is 1.81. The molecule has 1 saturated heterocycles. The van der Waals surface area contributed by atoms with Crippen molar-refractivity contribution in [2.75, 3.05) is 19.8 Å². The number of nitrogens with zero attached hydrogens (tertiary/aromatic N) is 1. The molecule has 20 heavy (non-hydrogen) atoms. The van der Waals surface area contributed by atoms with Crippen LogP contribution in [-0.4, -0.2) is 30.2 Å². The highest BCUT2D eigenvalue weighted by molar-refractivity contribution is 5.94. The molecule has 5 heteroatoms. The standard InChI is InChI=1S/C15H22N2O3/c1-10-8-13(15(19)17(3)11(10)2)14(18)16-6-4-12-5-7-20-9-12/h8,12H,4-7,9H2,1-3H3,(H,16,18). The smallest absolute Gasteiger partial charge is 0.263 e. The number of carbonyl (C=O) groups is 1. The van der Waals surface area contributed by atoms with Crippen molar-refractivity contribution < 1.29 is 9.53 Å². The second-order valence-electron chi connectivity index (χ2n) is 5.46. The lowest BCUT2D eigenvalue weighted by atomic mass is 10.1. The lowest BCUT2D eigenvalue weighted by molar-refractivity contribution is 0.0948. The van der Waals surface area contributed by atoms with Gasteiger partial charge in [0, 0.05) is 32.5 Å². The van der Waals surface area contributed by atoms with E-state index in [9.17, 15) is 9.59 Å². The van der Waals surface area contributed by atoms with Crippen LogP contribution in [0, 0.1) is 19.8 Å². The summed E-state index contributed by atoms with van der Waals surface area (Å²) >= 11 is 0. The Morgan fingerprint density at radius 3 is 2.90 bits per heavy atom. The van der Waals surface area contributed by atoms with Crippen molar-refractivity contribution in [2.45, 2.75) is 26.7 Å². The fraction of sp³-hybridized carbons (Fsp3) is 0.600. The Kier molecular flexibility index (Phi) is 4.60. The van der Waals surface area contributed by atoms with Gasteiger partial charge in [-0.25, -0.2) is 0 Å². The van der Waals surface area contributed by atoms with E-state index in [1.807, 2.05) is 13.8 Å². The van der Waals surface area contributed by atoms with Gasteiger partial charge < -0.3 is 14.6 Å². The summed E-state index contributed by atoms with van der Waals surface area (Å²) in [7, 11) is 1.69. The van der Waals surface area contributed by atoms with E-state index >= 15 is 0 Å². The molecule has 0 aromatic carbocycles. The summed E-state index contributed by atoms with van der Waals surface area (Å²) in [5, 5.41) is 2.83. The largest absolute Gasteiger partial charge is 0.381 e. The second-order valence-corrected chi connectivity index (χ2v) is 5.46. The van der Waals surface area contributed by atoms with E-state index in [1.165, 1.54) is 4.57 Å². The fourth-order valence-corrected chi connectivity index (χ4v) is 2.44. The SMILES string of the molecule is Cc1cc(C(=O)NCCC2CCOC2)c(=O)n(C)c1C. The van der Waals surface area contributed by atoms with Crippen LogP contribution in [0.4, 0.5) is 0 Å². The first-order chi connectivity index (χ1) is 9.50. The van der Waals surface area contributed by atoms with Gasteiger partial charge in [0.2, 0.25) is 0 Å². The molecule has 1 unspecified atom stereocenters. The second kappa shape index (κ2) is 6.22. The molecule has 0 saturated carbocycles. The van der Waals surface area contributed by atoms with Crippen LogP contribution >= 0.6 is 0 Å². The van der Waals surface area contributed by atoms with Gasteiger partial charge >= 0.3 is 0 Å². The number of amides is 1. The molecule has 0 radical (unpaired) electrons. The molecule has 5 nitrogen and oxygen atoms in total. The van der Waals surface area contributed by atoms with Gasteiger partial charge in [0.1, 0.15) is 5.56 Å². The summed E-state index contributed by atoms with van der Waals surface area (Å²) in [6, 6.07) is 1.67. The number of ether oxygens (including phenoxy) is 1. The maximum atomic E-state index is 12.1. The van der Waals surface area contributed by atoms with Crippen molar-refractivity contribution in [3.05, 3.63) is 33.2 Å². The van der Waals surface area contributed by atoms with E-state index in [4.69, 9.17) is 4.74 Å². The van der Waals surface area contributed by atoms with Crippen molar-refractivity contribution >= 4 is 5.91 Å². The van der Waals surface area contributed by atoms with Crippen molar-refractivity contribution in [3.63, 3.8) is 0 Å². The Balaban J connectivity index is 2.00. The van der Waals surface area contributed by atoms with E-state index in [2.05, 4.69) is 5.32 Å². The third kappa shape index (κ3) is 3.10. The molecular weight excluding hydrogens is 256 g/mol. The average Bonchev–Trinajstić information content (AvgIpc) is 2.93. The third-order valence-corrected chi connectivity index (χ3v) is 4.08. The summed E-state index contributed by atoms with van der Waals surface area (Å²) in [6.45, 7) is 5.96. The molecule has 1 aromatic rings. The van der Waals surface area contributed by atoms with Crippen LogP contribution in [0.15, 0.2) is 10.9 Å². The highest BCUT2D eigenvalue weighted by atomic mass is 16.5. The minimum Gasteiger partial charge on any atom is -0.381 e. The zero-order valence-corrected chi connectivity index (χ0v) is 12.4. The van der Waals surface area contributed by atoms with Crippen LogP contribution in [0.3, 0.4) is 0 Å². The molecule has 1 fully saturated rings. The number of pyridine rings is 1. The van der Waals surface area contributed by atoms with Crippen LogP contribution < -0.4 is 10.9 Å². The predicted molar refractivity (Wildman–Crippen MR) is 77.0 cm³/mol. The molecule has 1 amide bonds. The molecule has 1 atom stereocenters. The topological polar surface area (TPSA) is 60.3 Å². The Morgan fingerprint density at radius 2 is 2.25 bits per heavy atom. The molecule has 2 heterocycles. The minimum atomic E-state index is -0.285. The first-order valence-electron chi connectivity index (χ1n) is 7.04. The molecule has 1 aromatic heterocycles. The molecule has 0 bridgehead atoms. The summed E-state index contributed by atoms with van der Waals surface area (Å²) in [6.07, 6.45) is 1.96. The number of hydrogen-bond acceptors (Lipinski definition) is 3. The Labute approximate surface area is 118 Å². The Morgan fingerprint density at radius 1 is 1.50 bits per heavy atom. The van der Waals surface area contributed by atoms with E-state index in [-0.39, 0.29) is 17.0 Å². The highest BCUT2D eigenvalue weighted by Gasteiger charge is 2.17. The van der Waals surface area contributed by atoms with Crippen LogP contribution in [0.2, 0.25) is 0 Å². The van der Waals surface area contributed by atoms with Crippen LogP contribution in [-0.2, 0) is 11.8 Å². The first-order valence-corrected chi connectivity index (χ1v) is 7.04. The average molecular weight is 278 g/mol. The van der Waals surface area contributed by atoms with Crippen LogP contribution in [0.1, 0.15) is 34.5 Å². The molecule has 110 valence electrons. The van der Waals surface area contributed by atoms with Gasteiger partial charge in [-0.2, -0.15) is 0 Å². The fourth-order valence-electron chi connectivity index (χ4n) is 2.44. The number of rotatable bonds is 4. The van der Waals surface area contributed by atoms with Crippen molar-refractivity contribution in [3.8, 4) is 0 Å². The maximum absolute atomic E-state index is 12.1. The van der Waals surface area contributed by atoms with Gasteiger partial charge in [-0.3, -0.25) is 9.59 Å². The van der Waals surface area contributed by atoms with Gasteiger partial charge in [-0.15, -0.1) is 0 Å². The number of carbonyl (C=O) groups excluding carboxylic acids is 1. The Hall–Kier alpha value is -1.62. The number of nitrogens with one attached hydrogen (secondary N) is 1. The van der Waals surface area contributed by atoms with E-state index in [1.54, 1.807) is 13.1 Å². The van der Waals surface area contributed by atoms with Gasteiger partial charge in [0.15, 0.2) is 0 Å². The predicted octanol–water partition coefficient (Wildman–Crippen LogP) is 1.16. The van der Waals surface area contributed by atoms with Gasteiger partial charge in [-0.1, -0.05) is 0 Å². The number of hydrogen-bond donors (Lipinski definition) is 1. The van der Waals surface area contributed by atoms with Crippen molar-refractivity contribution in [2.24, 2.45) is 13.0 Å². The zero-order chi connectivity index (χ0) is 14.7. The summed E-state index contributed by atoms with van der Waals surface area (Å²) in [5.74, 6) is 0.241. The van der Waals surface area contributed by atoms with E-state index in [0.29, 0.717) is 12.5 Å². The summed E-state index contributed by atoms with van der Waals surface area (Å²) in [4.78, 5) is 24.2. The molecule has 1 N–H and O–H groups in total. The van der Waals surface area contributed by atoms with Gasteiger partial charge in [-0.05, 0) is 44.2 Å². The molecule has 1 aliphatic heterocycles. The Bertz CT molecular complexity index is 557. The normalized spacial score (nSPS) is 18.2. The first kappa shape index (κ1) is 14.8. The lowest BCUT2D eigenvalue weighted by Gasteiger charge is -2.12. The zero-order valence-electron chi connectivity index (χ0n) is 12.4. The van der Waals surface area contributed by atoms with Gasteiger partial charge in [0.25, 0.3) is 11.5 Å². The molecule has 1 aliphatic rings. The van der Waals surface area contributed by atoms with E-state index in [0.717, 1.165) is 37.3 Å². The highest BCUT2D eigenvalue weighted by Crippen LogP contribution is 2.15. The quantitative estimate of drug-likeness (QED) is 0.899. The van der Waals surface area contributed by atoms with Crippen LogP contribution in [0.5, 0.6) is 0 Å². The summed E-state index contributed by atoms with van der Waals surface area (Å²) < 4.78 is 6.82. The number of aromatic nitrogens is 1. The van der Waals surface area contributed by atoms with Crippen molar-refractivity contribution in [1.29, 1.82) is 0 Å². The van der Waals surface area contributed by atoms with E-state index < -0.39 is 0 Å². The lowest BCUT2D eigenvalue weighted by Crippen LogP contribution is -2.34. The third-order valence-electron chi connectivity index (χ3n) is 4.08. The molecule has 0 spiro atoms. The van der Waals surface area contributed by atoms with Gasteiger partial charge in [0.05, 0.1) is 0 Å². The molecular formula is C15H22N2O3. The maximum Gasteiger partial charge on any atom is 0.263 e. The monoisotopic (exact) mass is 278 g/mol. The van der Waals surface area contributed by atoms with Crippen molar-refractivity contribution in [1.82, 2.24) is 9.88 Å².